The van der Waals surface area contributed by atoms with E-state index in [-0.39, 0.29) is 6.03 Å². The van der Waals surface area contributed by atoms with Crippen LogP contribution in [0.2, 0.25) is 0 Å². The first kappa shape index (κ1) is 14.3. The van der Waals surface area contributed by atoms with Crippen LogP contribution in [0.15, 0.2) is 0 Å². The van der Waals surface area contributed by atoms with E-state index in [0.29, 0.717) is 12.1 Å². The summed E-state index contributed by atoms with van der Waals surface area (Å²) in [7, 11) is 0. The predicted octanol–water partition coefficient (Wildman–Crippen LogP) is 3.54. The van der Waals surface area contributed by atoms with Gasteiger partial charge < -0.3 is 10.2 Å². The lowest BCUT2D eigenvalue weighted by atomic mass is 10.0. The summed E-state index contributed by atoms with van der Waals surface area (Å²) in [6.45, 7) is 7.40. The molecule has 3 heteroatoms. The number of likely N-dealkylation sites (tertiary alicyclic amines) is 1. The minimum Gasteiger partial charge on any atom is -0.336 e. The van der Waals surface area contributed by atoms with Gasteiger partial charge >= 0.3 is 6.03 Å². The van der Waals surface area contributed by atoms with E-state index in [2.05, 4.69) is 26.1 Å². The summed E-state index contributed by atoms with van der Waals surface area (Å²) >= 11 is 0. The molecule has 0 spiro atoms. The molecule has 0 bridgehead atoms. The molecule has 0 aromatic rings. The van der Waals surface area contributed by atoms with Crippen molar-refractivity contribution in [2.75, 3.05) is 6.54 Å². The van der Waals surface area contributed by atoms with Crippen LogP contribution in [-0.4, -0.2) is 29.6 Å². The maximum Gasteiger partial charge on any atom is 0.317 e. The van der Waals surface area contributed by atoms with E-state index >= 15 is 0 Å². The van der Waals surface area contributed by atoms with Crippen molar-refractivity contribution in [2.24, 2.45) is 0 Å². The van der Waals surface area contributed by atoms with Crippen molar-refractivity contribution in [3.63, 3.8) is 0 Å². The zero-order chi connectivity index (χ0) is 12.7. The Morgan fingerprint density at radius 2 is 2.18 bits per heavy atom. The number of nitrogens with one attached hydrogen (secondary N) is 1. The number of rotatable bonds is 5. The summed E-state index contributed by atoms with van der Waals surface area (Å²) in [5.74, 6) is 0. The van der Waals surface area contributed by atoms with Crippen LogP contribution < -0.4 is 5.32 Å². The molecular formula is C14H28N2O. The van der Waals surface area contributed by atoms with Crippen LogP contribution in [-0.2, 0) is 0 Å². The van der Waals surface area contributed by atoms with Crippen molar-refractivity contribution in [2.45, 2.75) is 77.8 Å². The molecule has 2 amide bonds. The zero-order valence-corrected chi connectivity index (χ0v) is 11.7. The molecule has 0 aliphatic carbocycles. The van der Waals surface area contributed by atoms with Gasteiger partial charge in [-0.25, -0.2) is 4.79 Å². The number of carbonyl (C=O) groups is 1. The second kappa shape index (κ2) is 7.57. The van der Waals surface area contributed by atoms with Gasteiger partial charge in [0.05, 0.1) is 0 Å². The van der Waals surface area contributed by atoms with Crippen molar-refractivity contribution >= 4 is 6.03 Å². The highest BCUT2D eigenvalue weighted by atomic mass is 16.2. The summed E-state index contributed by atoms with van der Waals surface area (Å²) in [5, 5.41) is 3.13. The predicted molar refractivity (Wildman–Crippen MR) is 72.2 cm³/mol. The number of amides is 2. The topological polar surface area (TPSA) is 32.3 Å². The Bertz CT molecular complexity index is 230. The summed E-state index contributed by atoms with van der Waals surface area (Å²) in [4.78, 5) is 14.1. The Morgan fingerprint density at radius 3 is 2.82 bits per heavy atom. The van der Waals surface area contributed by atoms with E-state index in [4.69, 9.17) is 0 Å². The number of hydrogen-bond donors (Lipinski definition) is 1. The van der Waals surface area contributed by atoms with Gasteiger partial charge in [0, 0.05) is 18.6 Å². The second-order valence-corrected chi connectivity index (χ2v) is 5.38. The van der Waals surface area contributed by atoms with Crippen LogP contribution in [0.5, 0.6) is 0 Å². The summed E-state index contributed by atoms with van der Waals surface area (Å²) in [6, 6.07) is 0.857. The third-order valence-corrected chi connectivity index (χ3v) is 3.67. The SMILES string of the molecule is CCCCC[C@H](C)NC(=O)N1CCCC[C@@H]1C. The van der Waals surface area contributed by atoms with Gasteiger partial charge in [-0.2, -0.15) is 0 Å². The minimum atomic E-state index is 0.140. The van der Waals surface area contributed by atoms with Crippen molar-refractivity contribution in [1.29, 1.82) is 0 Å². The largest absolute Gasteiger partial charge is 0.336 e. The highest BCUT2D eigenvalue weighted by Gasteiger charge is 2.23. The van der Waals surface area contributed by atoms with E-state index in [0.717, 1.165) is 25.8 Å². The van der Waals surface area contributed by atoms with Crippen LogP contribution in [0, 0.1) is 0 Å². The molecule has 1 aliphatic heterocycles. The summed E-state index contributed by atoms with van der Waals surface area (Å²) < 4.78 is 0. The number of carbonyl (C=O) groups excluding carboxylic acids is 1. The van der Waals surface area contributed by atoms with Crippen LogP contribution in [0.4, 0.5) is 4.79 Å². The molecule has 0 radical (unpaired) electrons. The average molecular weight is 240 g/mol. The Labute approximate surface area is 106 Å². The van der Waals surface area contributed by atoms with Gasteiger partial charge in [0.25, 0.3) is 0 Å². The first-order valence-electron chi connectivity index (χ1n) is 7.22. The van der Waals surface area contributed by atoms with Crippen LogP contribution in [0.1, 0.15) is 65.7 Å². The molecule has 1 rings (SSSR count). The van der Waals surface area contributed by atoms with E-state index in [9.17, 15) is 4.79 Å². The Hall–Kier alpha value is -0.730. The highest BCUT2D eigenvalue weighted by Crippen LogP contribution is 2.16. The molecule has 0 aromatic carbocycles. The fourth-order valence-corrected chi connectivity index (χ4v) is 2.47. The Kier molecular flexibility index (Phi) is 6.38. The van der Waals surface area contributed by atoms with Crippen LogP contribution in [0.25, 0.3) is 0 Å². The molecule has 1 heterocycles. The zero-order valence-electron chi connectivity index (χ0n) is 11.7. The van der Waals surface area contributed by atoms with Crippen molar-refractivity contribution in [1.82, 2.24) is 10.2 Å². The lowest BCUT2D eigenvalue weighted by molar-refractivity contribution is 0.155. The maximum atomic E-state index is 12.1. The number of nitrogens with zero attached hydrogens (tertiary/aromatic N) is 1. The van der Waals surface area contributed by atoms with Crippen molar-refractivity contribution in [3.05, 3.63) is 0 Å². The van der Waals surface area contributed by atoms with Gasteiger partial charge in [-0.15, -0.1) is 0 Å². The van der Waals surface area contributed by atoms with Gasteiger partial charge in [0.2, 0.25) is 0 Å². The van der Waals surface area contributed by atoms with Gasteiger partial charge in [-0.05, 0) is 39.5 Å². The molecule has 100 valence electrons. The van der Waals surface area contributed by atoms with Gasteiger partial charge in [0.1, 0.15) is 0 Å². The Balaban J connectivity index is 2.27. The highest BCUT2D eigenvalue weighted by molar-refractivity contribution is 5.74. The quantitative estimate of drug-likeness (QED) is 0.732. The number of urea groups is 1. The third-order valence-electron chi connectivity index (χ3n) is 3.67. The number of piperidine rings is 1. The van der Waals surface area contributed by atoms with Gasteiger partial charge in [-0.3, -0.25) is 0 Å². The second-order valence-electron chi connectivity index (χ2n) is 5.38. The molecule has 1 saturated heterocycles. The molecule has 1 fully saturated rings. The van der Waals surface area contributed by atoms with Crippen LogP contribution in [0.3, 0.4) is 0 Å². The lowest BCUT2D eigenvalue weighted by Crippen LogP contribution is -2.49. The fraction of sp³-hybridized carbons (Fsp3) is 0.929. The first-order valence-corrected chi connectivity index (χ1v) is 7.22. The lowest BCUT2D eigenvalue weighted by Gasteiger charge is -2.34. The number of hydrogen-bond acceptors (Lipinski definition) is 1. The number of unbranched alkanes of at least 4 members (excludes halogenated alkanes) is 2. The van der Waals surface area contributed by atoms with E-state index < -0.39 is 0 Å². The molecule has 0 saturated carbocycles. The monoisotopic (exact) mass is 240 g/mol. The van der Waals surface area contributed by atoms with Crippen molar-refractivity contribution in [3.8, 4) is 0 Å². The molecule has 3 nitrogen and oxygen atoms in total. The Morgan fingerprint density at radius 1 is 1.41 bits per heavy atom. The summed E-state index contributed by atoms with van der Waals surface area (Å²) in [6.07, 6.45) is 8.38. The minimum absolute atomic E-state index is 0.140. The molecule has 2 atom stereocenters. The fourth-order valence-electron chi connectivity index (χ4n) is 2.47. The molecule has 17 heavy (non-hydrogen) atoms. The molecular weight excluding hydrogens is 212 g/mol. The molecule has 1 aliphatic rings. The molecule has 1 N–H and O–H groups in total. The van der Waals surface area contributed by atoms with E-state index in [1.165, 1.54) is 25.7 Å². The van der Waals surface area contributed by atoms with Gasteiger partial charge in [-0.1, -0.05) is 26.2 Å². The normalized spacial score (nSPS) is 22.3. The molecule has 0 aromatic heterocycles. The standard InChI is InChI=1S/C14H28N2O/c1-4-5-6-9-12(2)15-14(17)16-11-8-7-10-13(16)3/h12-13H,4-11H2,1-3H3,(H,15,17)/t12-,13-/m0/s1. The van der Waals surface area contributed by atoms with Gasteiger partial charge in [0.15, 0.2) is 0 Å². The molecule has 0 unspecified atom stereocenters. The van der Waals surface area contributed by atoms with Crippen LogP contribution >= 0.6 is 0 Å². The maximum absolute atomic E-state index is 12.1. The van der Waals surface area contributed by atoms with E-state index in [1.807, 2.05) is 4.90 Å². The smallest absolute Gasteiger partial charge is 0.317 e. The van der Waals surface area contributed by atoms with Crippen molar-refractivity contribution < 1.29 is 4.79 Å². The average Bonchev–Trinajstić information content (AvgIpc) is 2.29. The van der Waals surface area contributed by atoms with E-state index in [1.54, 1.807) is 0 Å². The first-order chi connectivity index (χ1) is 8.15. The third kappa shape index (κ3) is 4.97. The summed E-state index contributed by atoms with van der Waals surface area (Å²) in [5.41, 5.74) is 0.